The number of fused-ring (bicyclic) bond motifs is 1. The maximum absolute atomic E-state index is 12.2. The van der Waals surface area contributed by atoms with Crippen molar-refractivity contribution in [2.45, 2.75) is 26.5 Å². The monoisotopic (exact) mass is 323 g/mol. The predicted molar refractivity (Wildman–Crippen MR) is 94.9 cm³/mol. The summed E-state index contributed by atoms with van der Waals surface area (Å²) in [6.45, 7) is 3.15. The minimum Gasteiger partial charge on any atom is -0.380 e. The van der Waals surface area contributed by atoms with Crippen molar-refractivity contribution in [3.05, 3.63) is 59.8 Å². The predicted octanol–water partition coefficient (Wildman–Crippen LogP) is 3.52. The summed E-state index contributed by atoms with van der Waals surface area (Å²) in [4.78, 5) is 12.2. The number of hydrogen-bond acceptors (Lipinski definition) is 3. The fourth-order valence-electron chi connectivity index (χ4n) is 2.76. The molecule has 1 heterocycles. The van der Waals surface area contributed by atoms with Gasteiger partial charge in [-0.3, -0.25) is 9.48 Å². The standard InChI is InChI=1S/C19H21N3O2/c1-14-5-3-8-18-17(14)12-20-22(18)10-9-19(23)21-16-7-4-6-15(11-16)13-24-2/h3-8,11-12H,9-10,13H2,1-2H3,(H,21,23). The van der Waals surface area contributed by atoms with E-state index < -0.39 is 0 Å². The number of nitrogens with zero attached hydrogens (tertiary/aromatic N) is 2. The molecule has 0 spiro atoms. The molecule has 124 valence electrons. The molecule has 1 N–H and O–H groups in total. The van der Waals surface area contributed by atoms with Gasteiger partial charge in [0.05, 0.1) is 24.9 Å². The van der Waals surface area contributed by atoms with E-state index in [0.29, 0.717) is 19.6 Å². The quantitative estimate of drug-likeness (QED) is 0.755. The molecule has 0 radical (unpaired) electrons. The topological polar surface area (TPSA) is 56.1 Å². The molecule has 1 aromatic heterocycles. The van der Waals surface area contributed by atoms with Crippen molar-refractivity contribution in [3.63, 3.8) is 0 Å². The second-order valence-electron chi connectivity index (χ2n) is 5.81. The summed E-state index contributed by atoms with van der Waals surface area (Å²) < 4.78 is 6.99. The highest BCUT2D eigenvalue weighted by atomic mass is 16.5. The SMILES string of the molecule is COCc1cccc(NC(=O)CCn2ncc3c(C)cccc32)c1. The maximum atomic E-state index is 12.2. The van der Waals surface area contributed by atoms with Crippen molar-refractivity contribution in [1.29, 1.82) is 0 Å². The average Bonchev–Trinajstić information content (AvgIpc) is 2.98. The molecular weight excluding hydrogens is 302 g/mol. The summed E-state index contributed by atoms with van der Waals surface area (Å²) in [5.41, 5.74) is 4.07. The fourth-order valence-corrected chi connectivity index (χ4v) is 2.76. The lowest BCUT2D eigenvalue weighted by atomic mass is 10.1. The lowest BCUT2D eigenvalue weighted by Crippen LogP contribution is -2.15. The molecule has 3 aromatic rings. The van der Waals surface area contributed by atoms with Crippen LogP contribution in [-0.2, 0) is 22.7 Å². The minimum absolute atomic E-state index is 0.0270. The minimum atomic E-state index is -0.0270. The molecular formula is C19H21N3O2. The number of nitrogens with one attached hydrogen (secondary N) is 1. The first-order valence-electron chi connectivity index (χ1n) is 7.96. The Kier molecular flexibility index (Phi) is 4.91. The summed E-state index contributed by atoms with van der Waals surface area (Å²) >= 11 is 0. The van der Waals surface area contributed by atoms with Crippen molar-refractivity contribution >= 4 is 22.5 Å². The number of hydrogen-bond donors (Lipinski definition) is 1. The van der Waals surface area contributed by atoms with Crippen LogP contribution in [0.2, 0.25) is 0 Å². The molecule has 1 amide bonds. The van der Waals surface area contributed by atoms with Crippen molar-refractivity contribution in [2.24, 2.45) is 0 Å². The summed E-state index contributed by atoms with van der Waals surface area (Å²) in [6, 6.07) is 13.8. The third kappa shape index (κ3) is 3.63. The van der Waals surface area contributed by atoms with Gasteiger partial charge in [-0.25, -0.2) is 0 Å². The Morgan fingerprint density at radius 2 is 2.08 bits per heavy atom. The molecule has 0 bridgehead atoms. The van der Waals surface area contributed by atoms with Gasteiger partial charge in [0, 0.05) is 24.6 Å². The number of methoxy groups -OCH3 is 1. The average molecular weight is 323 g/mol. The highest BCUT2D eigenvalue weighted by Crippen LogP contribution is 2.18. The molecule has 0 saturated heterocycles. The molecule has 2 aromatic carbocycles. The fraction of sp³-hybridized carbons (Fsp3) is 0.263. The normalized spacial score (nSPS) is 10.9. The zero-order valence-electron chi connectivity index (χ0n) is 14.0. The number of carbonyl (C=O) groups is 1. The van der Waals surface area contributed by atoms with Crippen molar-refractivity contribution in [3.8, 4) is 0 Å². The van der Waals surface area contributed by atoms with Gasteiger partial charge in [0.15, 0.2) is 0 Å². The first kappa shape index (κ1) is 16.2. The zero-order valence-corrected chi connectivity index (χ0v) is 14.0. The summed E-state index contributed by atoms with van der Waals surface area (Å²) in [7, 11) is 1.65. The molecule has 0 aliphatic rings. The Balaban J connectivity index is 1.63. The van der Waals surface area contributed by atoms with Crippen LogP contribution in [0.1, 0.15) is 17.5 Å². The van der Waals surface area contributed by atoms with Gasteiger partial charge < -0.3 is 10.1 Å². The first-order valence-corrected chi connectivity index (χ1v) is 7.96. The highest BCUT2D eigenvalue weighted by Gasteiger charge is 2.08. The highest BCUT2D eigenvalue weighted by molar-refractivity contribution is 5.91. The van der Waals surface area contributed by atoms with E-state index in [0.717, 1.165) is 22.2 Å². The number of carbonyl (C=O) groups excluding carboxylic acids is 1. The van der Waals surface area contributed by atoms with Crippen LogP contribution in [0.25, 0.3) is 10.9 Å². The van der Waals surface area contributed by atoms with Crippen LogP contribution in [0.4, 0.5) is 5.69 Å². The number of aromatic nitrogens is 2. The lowest BCUT2D eigenvalue weighted by Gasteiger charge is -2.08. The molecule has 0 fully saturated rings. The van der Waals surface area contributed by atoms with Crippen molar-refractivity contribution < 1.29 is 9.53 Å². The number of rotatable bonds is 6. The second-order valence-corrected chi connectivity index (χ2v) is 5.81. The van der Waals surface area contributed by atoms with Gasteiger partial charge in [-0.05, 0) is 36.2 Å². The number of benzene rings is 2. The van der Waals surface area contributed by atoms with E-state index in [-0.39, 0.29) is 5.91 Å². The lowest BCUT2D eigenvalue weighted by molar-refractivity contribution is -0.116. The molecule has 5 heteroatoms. The maximum Gasteiger partial charge on any atom is 0.226 e. The van der Waals surface area contributed by atoms with Gasteiger partial charge >= 0.3 is 0 Å². The molecule has 0 saturated carbocycles. The molecule has 0 unspecified atom stereocenters. The molecule has 0 atom stereocenters. The van der Waals surface area contributed by atoms with Crippen LogP contribution in [0, 0.1) is 6.92 Å². The Labute approximate surface area is 141 Å². The first-order chi connectivity index (χ1) is 11.7. The van der Waals surface area contributed by atoms with Gasteiger partial charge in [-0.2, -0.15) is 5.10 Å². The Hall–Kier alpha value is -2.66. The molecule has 5 nitrogen and oxygen atoms in total. The molecule has 3 rings (SSSR count). The van der Waals surface area contributed by atoms with Gasteiger partial charge in [-0.15, -0.1) is 0 Å². The smallest absolute Gasteiger partial charge is 0.226 e. The Morgan fingerprint density at radius 1 is 1.25 bits per heavy atom. The van der Waals surface area contributed by atoms with E-state index in [1.54, 1.807) is 7.11 Å². The third-order valence-corrected chi connectivity index (χ3v) is 3.98. The van der Waals surface area contributed by atoms with Gasteiger partial charge in [0.1, 0.15) is 0 Å². The number of anilines is 1. The largest absolute Gasteiger partial charge is 0.380 e. The van der Waals surface area contributed by atoms with E-state index >= 15 is 0 Å². The third-order valence-electron chi connectivity index (χ3n) is 3.98. The van der Waals surface area contributed by atoms with Crippen molar-refractivity contribution in [2.75, 3.05) is 12.4 Å². The summed E-state index contributed by atoms with van der Waals surface area (Å²) in [6.07, 6.45) is 2.23. The zero-order chi connectivity index (χ0) is 16.9. The van der Waals surface area contributed by atoms with E-state index in [1.807, 2.05) is 47.3 Å². The van der Waals surface area contributed by atoms with Crippen molar-refractivity contribution in [1.82, 2.24) is 9.78 Å². The van der Waals surface area contributed by atoms with Crippen LogP contribution in [0.5, 0.6) is 0 Å². The number of ether oxygens (including phenoxy) is 1. The van der Waals surface area contributed by atoms with Gasteiger partial charge in [0.25, 0.3) is 0 Å². The number of aryl methyl sites for hydroxylation is 2. The summed E-state index contributed by atoms with van der Waals surface area (Å²) in [5.74, 6) is -0.0270. The van der Waals surface area contributed by atoms with E-state index in [2.05, 4.69) is 23.4 Å². The van der Waals surface area contributed by atoms with Gasteiger partial charge in [0.2, 0.25) is 5.91 Å². The Morgan fingerprint density at radius 3 is 2.92 bits per heavy atom. The number of amides is 1. The van der Waals surface area contributed by atoms with E-state index in [1.165, 1.54) is 5.56 Å². The van der Waals surface area contributed by atoms with Crippen LogP contribution >= 0.6 is 0 Å². The Bertz CT molecular complexity index is 855. The van der Waals surface area contributed by atoms with Crippen LogP contribution in [-0.4, -0.2) is 22.8 Å². The molecule has 0 aliphatic carbocycles. The van der Waals surface area contributed by atoms with E-state index in [9.17, 15) is 4.79 Å². The second kappa shape index (κ2) is 7.27. The van der Waals surface area contributed by atoms with E-state index in [4.69, 9.17) is 4.74 Å². The van der Waals surface area contributed by atoms with Gasteiger partial charge in [-0.1, -0.05) is 24.3 Å². The summed E-state index contributed by atoms with van der Waals surface area (Å²) in [5, 5.41) is 8.45. The molecule has 24 heavy (non-hydrogen) atoms. The van der Waals surface area contributed by atoms with Crippen LogP contribution < -0.4 is 5.32 Å². The van der Waals surface area contributed by atoms with Crippen LogP contribution in [0.15, 0.2) is 48.7 Å². The van der Waals surface area contributed by atoms with Crippen LogP contribution in [0.3, 0.4) is 0 Å². The molecule has 0 aliphatic heterocycles.